The van der Waals surface area contributed by atoms with E-state index in [0.29, 0.717) is 33.6 Å². The number of fused-ring (bicyclic) bond motifs is 2. The number of hydrogen-bond donors (Lipinski definition) is 2. The normalized spacial score (nSPS) is 11.4. The number of aromatic nitrogens is 3. The number of ether oxygens (including phenoxy) is 1. The van der Waals surface area contributed by atoms with Gasteiger partial charge in [0, 0.05) is 11.3 Å². The van der Waals surface area contributed by atoms with E-state index in [1.54, 1.807) is 13.3 Å². The van der Waals surface area contributed by atoms with Crippen LogP contribution in [0.3, 0.4) is 0 Å². The van der Waals surface area contributed by atoms with Crippen LogP contribution < -0.4 is 15.8 Å². The molecule has 34 heavy (non-hydrogen) atoms. The third kappa shape index (κ3) is 3.81. The lowest BCUT2D eigenvalue weighted by atomic mass is 10.2. The Hall–Kier alpha value is -4.72. The van der Waals surface area contributed by atoms with Crippen molar-refractivity contribution in [1.82, 2.24) is 14.6 Å². The van der Waals surface area contributed by atoms with Crippen molar-refractivity contribution in [3.05, 3.63) is 89.5 Å². The van der Waals surface area contributed by atoms with Gasteiger partial charge in [-0.2, -0.15) is 9.78 Å². The molecule has 2 heterocycles. The van der Waals surface area contributed by atoms with Crippen molar-refractivity contribution >= 4 is 45.8 Å². The molecule has 3 aromatic carbocycles. The fourth-order valence-corrected chi connectivity index (χ4v) is 3.80. The monoisotopic (exact) mass is 450 g/mol. The zero-order valence-electron chi connectivity index (χ0n) is 18.7. The van der Waals surface area contributed by atoms with E-state index in [-0.39, 0.29) is 17.3 Å². The van der Waals surface area contributed by atoms with E-state index in [0.717, 1.165) is 11.1 Å². The number of methoxy groups -OCH3 is 1. The maximum Gasteiger partial charge on any atom is 0.261 e. The molecule has 1 amide bonds. The third-order valence-electron chi connectivity index (χ3n) is 5.43. The molecule has 0 aliphatic rings. The number of nitrogen functional groups attached to an aromatic ring is 1. The van der Waals surface area contributed by atoms with E-state index < -0.39 is 0 Å². The highest BCUT2D eigenvalue weighted by molar-refractivity contribution is 6.16. The predicted octanol–water partition coefficient (Wildman–Crippen LogP) is 4.62. The minimum Gasteiger partial charge on any atom is -0.496 e. The first kappa shape index (κ1) is 21.1. The quantitative estimate of drug-likeness (QED) is 0.380. The number of amides is 1. The standard InChI is InChI=1S/C26H22N6O2/c1-16-8-7-10-18(14-16)29-26(33)22-23-25(31-20-12-5-4-11-19(20)30-23)32(24(22)27)28-15-17-9-3-6-13-21(17)34-2/h3-15H,27H2,1-2H3,(H,29,33)/b28-15-. The van der Waals surface area contributed by atoms with Gasteiger partial charge in [0.2, 0.25) is 0 Å². The van der Waals surface area contributed by atoms with Gasteiger partial charge in [-0.15, -0.1) is 0 Å². The largest absolute Gasteiger partial charge is 0.496 e. The average Bonchev–Trinajstić information content (AvgIpc) is 3.11. The number of hydrogen-bond acceptors (Lipinski definition) is 6. The molecule has 8 heteroatoms. The van der Waals surface area contributed by atoms with Gasteiger partial charge in [-0.25, -0.2) is 9.97 Å². The molecule has 2 aromatic heterocycles. The summed E-state index contributed by atoms with van der Waals surface area (Å²) in [5.74, 6) is 0.417. The summed E-state index contributed by atoms with van der Waals surface area (Å²) in [6.45, 7) is 1.96. The minimum absolute atomic E-state index is 0.140. The fraction of sp³-hybridized carbons (Fsp3) is 0.0769. The summed E-state index contributed by atoms with van der Waals surface area (Å²) in [4.78, 5) is 22.8. The molecule has 8 nitrogen and oxygen atoms in total. The van der Waals surface area contributed by atoms with E-state index in [4.69, 9.17) is 20.4 Å². The van der Waals surface area contributed by atoms with Crippen LogP contribution in [-0.4, -0.2) is 33.9 Å². The van der Waals surface area contributed by atoms with Gasteiger partial charge in [-0.05, 0) is 48.9 Å². The third-order valence-corrected chi connectivity index (χ3v) is 5.43. The lowest BCUT2D eigenvalue weighted by molar-refractivity contribution is 0.102. The van der Waals surface area contributed by atoms with Crippen LogP contribution >= 0.6 is 0 Å². The molecule has 0 saturated heterocycles. The molecule has 0 spiro atoms. The number of nitrogens with one attached hydrogen (secondary N) is 1. The minimum atomic E-state index is -0.385. The summed E-state index contributed by atoms with van der Waals surface area (Å²) in [7, 11) is 1.59. The molecule has 0 fully saturated rings. The Morgan fingerprint density at radius 2 is 1.76 bits per heavy atom. The van der Waals surface area contributed by atoms with Crippen LogP contribution in [0.5, 0.6) is 5.75 Å². The molecule has 0 bridgehead atoms. The van der Waals surface area contributed by atoms with Gasteiger partial charge in [-0.1, -0.05) is 36.4 Å². The highest BCUT2D eigenvalue weighted by atomic mass is 16.5. The zero-order valence-corrected chi connectivity index (χ0v) is 18.7. The van der Waals surface area contributed by atoms with Crippen molar-refractivity contribution < 1.29 is 9.53 Å². The maximum atomic E-state index is 13.3. The van der Waals surface area contributed by atoms with Crippen LogP contribution in [0.15, 0.2) is 77.9 Å². The van der Waals surface area contributed by atoms with Gasteiger partial charge in [-0.3, -0.25) is 4.79 Å². The molecule has 168 valence electrons. The SMILES string of the molecule is COc1ccccc1/C=N\n1c(N)c(C(=O)Nc2cccc(C)c2)c2nc3ccccc3nc21. The second-order valence-electron chi connectivity index (χ2n) is 7.77. The molecular formula is C26H22N6O2. The molecule has 0 aliphatic heterocycles. The second kappa shape index (κ2) is 8.67. The first-order valence-corrected chi connectivity index (χ1v) is 10.7. The summed E-state index contributed by atoms with van der Waals surface area (Å²) >= 11 is 0. The Bertz CT molecular complexity index is 1570. The smallest absolute Gasteiger partial charge is 0.261 e. The van der Waals surface area contributed by atoms with E-state index in [1.165, 1.54) is 4.68 Å². The number of benzene rings is 3. The van der Waals surface area contributed by atoms with Crippen molar-refractivity contribution in [2.75, 3.05) is 18.2 Å². The van der Waals surface area contributed by atoms with Gasteiger partial charge < -0.3 is 15.8 Å². The lowest BCUT2D eigenvalue weighted by Crippen LogP contribution is -2.14. The molecular weight excluding hydrogens is 428 g/mol. The van der Waals surface area contributed by atoms with E-state index >= 15 is 0 Å². The Morgan fingerprint density at radius 3 is 2.53 bits per heavy atom. The fourth-order valence-electron chi connectivity index (χ4n) is 3.80. The van der Waals surface area contributed by atoms with Gasteiger partial charge in [0.15, 0.2) is 5.65 Å². The van der Waals surface area contributed by atoms with Crippen LogP contribution in [0, 0.1) is 6.92 Å². The Balaban J connectivity index is 1.67. The summed E-state index contributed by atoms with van der Waals surface area (Å²) < 4.78 is 6.84. The average molecular weight is 451 g/mol. The molecule has 0 aliphatic carbocycles. The summed E-state index contributed by atoms with van der Waals surface area (Å²) in [5.41, 5.74) is 11.2. The van der Waals surface area contributed by atoms with Gasteiger partial charge in [0.25, 0.3) is 5.91 Å². The number of nitrogens with zero attached hydrogens (tertiary/aromatic N) is 4. The van der Waals surface area contributed by atoms with Gasteiger partial charge in [0.1, 0.15) is 22.6 Å². The molecule has 5 rings (SSSR count). The van der Waals surface area contributed by atoms with Gasteiger partial charge in [0.05, 0.1) is 24.4 Å². The number of nitrogens with two attached hydrogens (primary N) is 1. The van der Waals surface area contributed by atoms with E-state index in [2.05, 4.69) is 10.4 Å². The summed E-state index contributed by atoms with van der Waals surface area (Å²) in [6.07, 6.45) is 1.62. The summed E-state index contributed by atoms with van der Waals surface area (Å²) in [6, 6.07) is 22.5. The molecule has 5 aromatic rings. The second-order valence-corrected chi connectivity index (χ2v) is 7.77. The Morgan fingerprint density at radius 1 is 1.03 bits per heavy atom. The number of carbonyl (C=O) groups is 1. The van der Waals surface area contributed by atoms with Gasteiger partial charge >= 0.3 is 0 Å². The van der Waals surface area contributed by atoms with Crippen LogP contribution in [0.2, 0.25) is 0 Å². The number of aryl methyl sites for hydroxylation is 1. The maximum absolute atomic E-state index is 13.3. The number of rotatable bonds is 5. The number of para-hydroxylation sites is 3. The lowest BCUT2D eigenvalue weighted by Gasteiger charge is -2.06. The summed E-state index contributed by atoms with van der Waals surface area (Å²) in [5, 5.41) is 7.46. The van der Waals surface area contributed by atoms with Crippen LogP contribution in [0.1, 0.15) is 21.5 Å². The van der Waals surface area contributed by atoms with E-state index in [1.807, 2.05) is 79.7 Å². The van der Waals surface area contributed by atoms with Crippen molar-refractivity contribution in [2.45, 2.75) is 6.92 Å². The van der Waals surface area contributed by atoms with Crippen LogP contribution in [0.25, 0.3) is 22.2 Å². The topological polar surface area (TPSA) is 107 Å². The highest BCUT2D eigenvalue weighted by Gasteiger charge is 2.24. The van der Waals surface area contributed by atoms with Crippen LogP contribution in [-0.2, 0) is 0 Å². The zero-order chi connectivity index (χ0) is 23.7. The first-order chi connectivity index (χ1) is 16.5. The number of carbonyl (C=O) groups excluding carboxylic acids is 1. The molecule has 0 atom stereocenters. The highest BCUT2D eigenvalue weighted by Crippen LogP contribution is 2.29. The number of anilines is 2. The molecule has 0 unspecified atom stereocenters. The van der Waals surface area contributed by atoms with Crippen molar-refractivity contribution in [2.24, 2.45) is 5.10 Å². The predicted molar refractivity (Wildman–Crippen MR) is 135 cm³/mol. The Labute approximate surface area is 195 Å². The molecule has 0 radical (unpaired) electrons. The van der Waals surface area contributed by atoms with E-state index in [9.17, 15) is 4.79 Å². The van der Waals surface area contributed by atoms with Crippen molar-refractivity contribution in [3.8, 4) is 5.75 Å². The van der Waals surface area contributed by atoms with Crippen LogP contribution in [0.4, 0.5) is 11.5 Å². The van der Waals surface area contributed by atoms with Crippen molar-refractivity contribution in [1.29, 1.82) is 0 Å². The molecule has 3 N–H and O–H groups in total. The Kier molecular flexibility index (Phi) is 5.39. The van der Waals surface area contributed by atoms with Crippen molar-refractivity contribution in [3.63, 3.8) is 0 Å². The first-order valence-electron chi connectivity index (χ1n) is 10.7. The molecule has 0 saturated carbocycles.